The zero-order valence-electron chi connectivity index (χ0n) is 14.0. The van der Waals surface area contributed by atoms with Gasteiger partial charge in [0.15, 0.2) is 11.5 Å². The summed E-state index contributed by atoms with van der Waals surface area (Å²) in [4.78, 5) is 12.0. The van der Waals surface area contributed by atoms with E-state index in [1.54, 1.807) is 7.11 Å². The number of hydrogen-bond acceptors (Lipinski definition) is 4. The summed E-state index contributed by atoms with van der Waals surface area (Å²) in [5.74, 6) is 0.975. The van der Waals surface area contributed by atoms with Crippen LogP contribution >= 0.6 is 0 Å². The second-order valence-corrected chi connectivity index (χ2v) is 6.54. The maximum absolute atomic E-state index is 12.0. The van der Waals surface area contributed by atoms with Crippen molar-refractivity contribution in [2.24, 2.45) is 5.92 Å². The Labute approximate surface area is 146 Å². The number of carbonyl (C=O) groups is 1. The molecule has 0 radical (unpaired) electrons. The highest BCUT2D eigenvalue weighted by molar-refractivity contribution is 5.74. The van der Waals surface area contributed by atoms with Crippen molar-refractivity contribution in [3.05, 3.63) is 53.6 Å². The first-order chi connectivity index (χ1) is 12.2. The van der Waals surface area contributed by atoms with E-state index in [0.29, 0.717) is 5.75 Å². The maximum atomic E-state index is 12.0. The highest BCUT2D eigenvalue weighted by Crippen LogP contribution is 2.50. The predicted molar refractivity (Wildman–Crippen MR) is 91.4 cm³/mol. The predicted octanol–water partition coefficient (Wildman–Crippen LogP) is 3.79. The Morgan fingerprint density at radius 3 is 2.32 bits per heavy atom. The minimum atomic E-state index is -0.749. The van der Waals surface area contributed by atoms with Gasteiger partial charge in [-0.15, -0.1) is 0 Å². The molecule has 1 saturated carbocycles. The van der Waals surface area contributed by atoms with Crippen LogP contribution < -0.4 is 14.2 Å². The highest BCUT2D eigenvalue weighted by atomic mass is 16.7. The SMILES string of the molecule is COc1ccc(C2CCC(c3ccc4c(c3)OCO4)C2C(=O)O)cc1. The van der Waals surface area contributed by atoms with Crippen molar-refractivity contribution in [1.82, 2.24) is 0 Å². The summed E-state index contributed by atoms with van der Waals surface area (Å²) in [7, 11) is 1.63. The van der Waals surface area contributed by atoms with Crippen LogP contribution in [0.3, 0.4) is 0 Å². The lowest BCUT2D eigenvalue weighted by atomic mass is 9.82. The molecule has 5 heteroatoms. The van der Waals surface area contributed by atoms with Gasteiger partial charge in [-0.3, -0.25) is 4.79 Å². The summed E-state index contributed by atoms with van der Waals surface area (Å²) in [5, 5.41) is 9.89. The minimum Gasteiger partial charge on any atom is -0.497 e. The van der Waals surface area contributed by atoms with Gasteiger partial charge in [0.1, 0.15) is 5.75 Å². The van der Waals surface area contributed by atoms with Crippen molar-refractivity contribution in [3.63, 3.8) is 0 Å². The monoisotopic (exact) mass is 340 g/mol. The van der Waals surface area contributed by atoms with Crippen molar-refractivity contribution in [2.75, 3.05) is 13.9 Å². The average Bonchev–Trinajstić information content (AvgIpc) is 3.27. The van der Waals surface area contributed by atoms with Crippen LogP contribution in [0.25, 0.3) is 0 Å². The zero-order chi connectivity index (χ0) is 17.4. The topological polar surface area (TPSA) is 65.0 Å². The van der Waals surface area contributed by atoms with Gasteiger partial charge in [0, 0.05) is 0 Å². The van der Waals surface area contributed by atoms with Crippen LogP contribution in [0.15, 0.2) is 42.5 Å². The lowest BCUT2D eigenvalue weighted by Gasteiger charge is -2.22. The first-order valence-electron chi connectivity index (χ1n) is 8.43. The average molecular weight is 340 g/mol. The third-order valence-electron chi connectivity index (χ3n) is 5.31. The van der Waals surface area contributed by atoms with Crippen molar-refractivity contribution < 1.29 is 24.1 Å². The van der Waals surface area contributed by atoms with Crippen LogP contribution in [-0.2, 0) is 4.79 Å². The lowest BCUT2D eigenvalue weighted by molar-refractivity contribution is -0.142. The summed E-state index contributed by atoms with van der Waals surface area (Å²) in [6.07, 6.45) is 1.69. The molecule has 0 saturated heterocycles. The van der Waals surface area contributed by atoms with Crippen molar-refractivity contribution in [3.8, 4) is 17.2 Å². The van der Waals surface area contributed by atoms with Crippen LogP contribution in [0.5, 0.6) is 17.2 Å². The summed E-state index contributed by atoms with van der Waals surface area (Å²) >= 11 is 0. The molecule has 1 N–H and O–H groups in total. The molecule has 2 aromatic rings. The van der Waals surface area contributed by atoms with Crippen LogP contribution in [0.2, 0.25) is 0 Å². The molecule has 1 aliphatic heterocycles. The fraction of sp³-hybridized carbons (Fsp3) is 0.350. The summed E-state index contributed by atoms with van der Waals surface area (Å²) in [6, 6.07) is 13.5. The quantitative estimate of drug-likeness (QED) is 0.917. The van der Waals surface area contributed by atoms with Gasteiger partial charge >= 0.3 is 5.97 Å². The number of ether oxygens (including phenoxy) is 3. The first-order valence-corrected chi connectivity index (χ1v) is 8.43. The number of aliphatic carboxylic acids is 1. The number of hydrogen-bond donors (Lipinski definition) is 1. The van der Waals surface area contributed by atoms with Gasteiger partial charge in [-0.25, -0.2) is 0 Å². The van der Waals surface area contributed by atoms with E-state index in [1.165, 1.54) is 0 Å². The second kappa shape index (κ2) is 6.31. The van der Waals surface area contributed by atoms with E-state index in [9.17, 15) is 9.90 Å². The van der Waals surface area contributed by atoms with Crippen LogP contribution in [0.1, 0.15) is 35.8 Å². The molecule has 0 bridgehead atoms. The Kier molecular flexibility index (Phi) is 3.99. The Bertz CT molecular complexity index is 783. The first kappa shape index (κ1) is 15.8. The molecule has 4 rings (SSSR count). The van der Waals surface area contributed by atoms with Gasteiger partial charge in [-0.05, 0) is 60.1 Å². The van der Waals surface area contributed by atoms with Crippen molar-refractivity contribution in [1.29, 1.82) is 0 Å². The van der Waals surface area contributed by atoms with E-state index in [0.717, 1.165) is 35.5 Å². The van der Waals surface area contributed by atoms with E-state index in [1.807, 2.05) is 42.5 Å². The zero-order valence-corrected chi connectivity index (χ0v) is 14.0. The second-order valence-electron chi connectivity index (χ2n) is 6.54. The smallest absolute Gasteiger partial charge is 0.307 e. The minimum absolute atomic E-state index is 0.00108. The molecule has 0 amide bonds. The molecule has 0 spiro atoms. The lowest BCUT2D eigenvalue weighted by Crippen LogP contribution is -2.22. The molecule has 3 unspecified atom stereocenters. The van der Waals surface area contributed by atoms with E-state index in [4.69, 9.17) is 14.2 Å². The van der Waals surface area contributed by atoms with Gasteiger partial charge in [0.05, 0.1) is 13.0 Å². The van der Waals surface area contributed by atoms with Crippen LogP contribution in [-0.4, -0.2) is 25.0 Å². The number of methoxy groups -OCH3 is 1. The van der Waals surface area contributed by atoms with Crippen LogP contribution in [0, 0.1) is 5.92 Å². The van der Waals surface area contributed by atoms with Gasteiger partial charge in [-0.2, -0.15) is 0 Å². The van der Waals surface area contributed by atoms with Gasteiger partial charge in [-0.1, -0.05) is 18.2 Å². The molecular weight excluding hydrogens is 320 g/mol. The summed E-state index contributed by atoms with van der Waals surface area (Å²) < 4.78 is 16.0. The Morgan fingerprint density at radius 1 is 1.00 bits per heavy atom. The van der Waals surface area contributed by atoms with E-state index < -0.39 is 11.9 Å². The van der Waals surface area contributed by atoms with E-state index in [-0.39, 0.29) is 18.6 Å². The third kappa shape index (κ3) is 2.80. The number of benzene rings is 2. The molecule has 5 nitrogen and oxygen atoms in total. The molecule has 25 heavy (non-hydrogen) atoms. The largest absolute Gasteiger partial charge is 0.497 e. The number of carboxylic acids is 1. The number of rotatable bonds is 4. The standard InChI is InChI=1S/C20H20O5/c1-23-14-5-2-12(3-6-14)15-7-8-16(19(15)20(21)22)13-4-9-17-18(10-13)25-11-24-17/h2-6,9-10,15-16,19H,7-8,11H2,1H3,(H,21,22). The molecule has 130 valence electrons. The molecular formula is C20H20O5. The highest BCUT2D eigenvalue weighted by Gasteiger charge is 2.42. The molecule has 1 heterocycles. The fourth-order valence-corrected chi connectivity index (χ4v) is 4.09. The van der Waals surface area contributed by atoms with Crippen molar-refractivity contribution in [2.45, 2.75) is 24.7 Å². The van der Waals surface area contributed by atoms with Crippen molar-refractivity contribution >= 4 is 5.97 Å². The third-order valence-corrected chi connectivity index (χ3v) is 5.31. The van der Waals surface area contributed by atoms with Crippen LogP contribution in [0.4, 0.5) is 0 Å². The molecule has 2 aromatic carbocycles. The molecule has 2 aliphatic rings. The van der Waals surface area contributed by atoms with E-state index in [2.05, 4.69) is 0 Å². The normalized spacial score (nSPS) is 24.3. The molecule has 1 fully saturated rings. The number of fused-ring (bicyclic) bond motifs is 1. The number of carboxylic acid groups (broad SMARTS) is 1. The Balaban J connectivity index is 1.64. The molecule has 0 aromatic heterocycles. The maximum Gasteiger partial charge on any atom is 0.307 e. The van der Waals surface area contributed by atoms with Gasteiger partial charge < -0.3 is 19.3 Å². The Hall–Kier alpha value is -2.69. The molecule has 1 aliphatic carbocycles. The van der Waals surface area contributed by atoms with Gasteiger partial charge in [0.25, 0.3) is 0 Å². The molecule has 3 atom stereocenters. The van der Waals surface area contributed by atoms with E-state index >= 15 is 0 Å². The summed E-state index contributed by atoms with van der Waals surface area (Å²) in [6.45, 7) is 0.223. The Morgan fingerprint density at radius 2 is 1.64 bits per heavy atom. The summed E-state index contributed by atoms with van der Waals surface area (Å²) in [5.41, 5.74) is 2.06. The fourth-order valence-electron chi connectivity index (χ4n) is 4.09. The van der Waals surface area contributed by atoms with Gasteiger partial charge in [0.2, 0.25) is 6.79 Å².